The van der Waals surface area contributed by atoms with Gasteiger partial charge in [0.15, 0.2) is 0 Å². The Kier molecular flexibility index (Phi) is 3.43. The maximum atomic E-state index is 9.49. The standard InChI is InChI=1S/C17H19ClN4O/c18-12-3-1-2-11(8-12)17(4-5-17)22-15-9-14(20-16(19)21-15)10-6-13(23)7-10/h1-3,8-10,13,23H,4-7H2,(H3,19,20,21,22). The molecule has 0 unspecified atom stereocenters. The van der Waals surface area contributed by atoms with Gasteiger partial charge in [-0.05, 0) is 43.4 Å². The summed E-state index contributed by atoms with van der Waals surface area (Å²) in [5.74, 6) is 1.29. The predicted molar refractivity (Wildman–Crippen MR) is 90.4 cm³/mol. The van der Waals surface area contributed by atoms with Crippen LogP contribution in [0.15, 0.2) is 30.3 Å². The highest BCUT2D eigenvalue weighted by Crippen LogP contribution is 2.48. The molecule has 1 aromatic carbocycles. The summed E-state index contributed by atoms with van der Waals surface area (Å²) in [6, 6.07) is 9.88. The Labute approximate surface area is 139 Å². The highest BCUT2D eigenvalue weighted by Gasteiger charge is 2.45. The Morgan fingerprint density at radius 1 is 1.22 bits per heavy atom. The fourth-order valence-electron chi connectivity index (χ4n) is 3.23. The van der Waals surface area contributed by atoms with E-state index in [1.54, 1.807) is 0 Å². The maximum absolute atomic E-state index is 9.49. The number of hydrogen-bond donors (Lipinski definition) is 3. The molecule has 0 saturated heterocycles. The second-order valence-corrected chi connectivity index (χ2v) is 7.01. The van der Waals surface area contributed by atoms with Crippen LogP contribution in [-0.2, 0) is 5.54 Å². The number of aliphatic hydroxyl groups is 1. The zero-order valence-corrected chi connectivity index (χ0v) is 13.4. The van der Waals surface area contributed by atoms with Crippen LogP contribution in [0, 0.1) is 0 Å². The molecule has 2 fully saturated rings. The van der Waals surface area contributed by atoms with Gasteiger partial charge < -0.3 is 16.2 Å². The predicted octanol–water partition coefficient (Wildman–Crippen LogP) is 3.05. The molecule has 4 N–H and O–H groups in total. The fourth-order valence-corrected chi connectivity index (χ4v) is 3.42. The van der Waals surface area contributed by atoms with Crippen LogP contribution < -0.4 is 11.1 Å². The molecular formula is C17H19ClN4O. The molecule has 2 aliphatic rings. The molecule has 0 aliphatic heterocycles. The molecule has 23 heavy (non-hydrogen) atoms. The molecule has 0 atom stereocenters. The fraction of sp³-hybridized carbons (Fsp3) is 0.412. The summed E-state index contributed by atoms with van der Waals surface area (Å²) in [6.07, 6.45) is 3.35. The van der Waals surface area contributed by atoms with Crippen molar-refractivity contribution in [3.63, 3.8) is 0 Å². The van der Waals surface area contributed by atoms with Crippen LogP contribution in [0.4, 0.5) is 11.8 Å². The lowest BCUT2D eigenvalue weighted by Gasteiger charge is -2.31. The quantitative estimate of drug-likeness (QED) is 0.802. The van der Waals surface area contributed by atoms with Crippen molar-refractivity contribution in [2.45, 2.75) is 43.2 Å². The van der Waals surface area contributed by atoms with Gasteiger partial charge in [0.2, 0.25) is 5.95 Å². The molecule has 1 aromatic heterocycles. The van der Waals surface area contributed by atoms with Crippen molar-refractivity contribution in [2.75, 3.05) is 11.1 Å². The van der Waals surface area contributed by atoms with E-state index in [1.807, 2.05) is 24.3 Å². The smallest absolute Gasteiger partial charge is 0.222 e. The number of benzene rings is 1. The lowest BCUT2D eigenvalue weighted by molar-refractivity contribution is 0.0732. The van der Waals surface area contributed by atoms with Crippen molar-refractivity contribution in [2.24, 2.45) is 0 Å². The molecule has 6 heteroatoms. The number of nitrogens with one attached hydrogen (secondary N) is 1. The molecule has 0 amide bonds. The Morgan fingerprint density at radius 2 is 2.00 bits per heavy atom. The van der Waals surface area contributed by atoms with E-state index < -0.39 is 0 Å². The van der Waals surface area contributed by atoms with Crippen molar-refractivity contribution in [1.29, 1.82) is 0 Å². The van der Waals surface area contributed by atoms with Gasteiger partial charge in [0.05, 0.1) is 17.3 Å². The van der Waals surface area contributed by atoms with Crippen molar-refractivity contribution in [1.82, 2.24) is 9.97 Å². The van der Waals surface area contributed by atoms with Crippen LogP contribution in [0.25, 0.3) is 0 Å². The van der Waals surface area contributed by atoms with Gasteiger partial charge in [0, 0.05) is 17.0 Å². The number of nitrogens with two attached hydrogens (primary N) is 1. The SMILES string of the molecule is Nc1nc(NC2(c3cccc(Cl)c3)CC2)cc(C2CC(O)C2)n1. The van der Waals surface area contributed by atoms with Crippen molar-refractivity contribution in [3.8, 4) is 0 Å². The number of hydrogen-bond acceptors (Lipinski definition) is 5. The average Bonchev–Trinajstić information content (AvgIpc) is 3.24. The third-order valence-corrected chi connectivity index (χ3v) is 5.02. The Morgan fingerprint density at radius 3 is 2.65 bits per heavy atom. The number of nitrogen functional groups attached to an aromatic ring is 1. The van der Waals surface area contributed by atoms with Crippen LogP contribution in [0.3, 0.4) is 0 Å². The lowest BCUT2D eigenvalue weighted by atomic mass is 9.80. The van der Waals surface area contributed by atoms with Gasteiger partial charge in [0.1, 0.15) is 5.82 Å². The highest BCUT2D eigenvalue weighted by molar-refractivity contribution is 6.30. The third kappa shape index (κ3) is 2.86. The number of anilines is 2. The van der Waals surface area contributed by atoms with Crippen molar-refractivity contribution in [3.05, 3.63) is 46.6 Å². The molecule has 2 saturated carbocycles. The van der Waals surface area contributed by atoms with Crippen LogP contribution in [-0.4, -0.2) is 21.2 Å². The summed E-state index contributed by atoms with van der Waals surface area (Å²) < 4.78 is 0. The zero-order valence-electron chi connectivity index (χ0n) is 12.7. The van der Waals surface area contributed by atoms with Gasteiger partial charge in [-0.1, -0.05) is 23.7 Å². The van der Waals surface area contributed by atoms with E-state index >= 15 is 0 Å². The number of nitrogens with zero attached hydrogens (tertiary/aromatic N) is 2. The van der Waals surface area contributed by atoms with Gasteiger partial charge in [-0.2, -0.15) is 4.98 Å². The van der Waals surface area contributed by atoms with E-state index in [-0.39, 0.29) is 23.5 Å². The number of aromatic nitrogens is 2. The maximum Gasteiger partial charge on any atom is 0.222 e. The van der Waals surface area contributed by atoms with Crippen LogP contribution in [0.5, 0.6) is 0 Å². The summed E-state index contributed by atoms with van der Waals surface area (Å²) in [5, 5.41) is 13.7. The van der Waals surface area contributed by atoms with Gasteiger partial charge in [0.25, 0.3) is 0 Å². The lowest BCUT2D eigenvalue weighted by Crippen LogP contribution is -2.28. The minimum atomic E-state index is -0.214. The Hall–Kier alpha value is -1.85. The molecule has 5 nitrogen and oxygen atoms in total. The normalized spacial score (nSPS) is 24.8. The molecule has 2 aliphatic carbocycles. The van der Waals surface area contributed by atoms with Gasteiger partial charge in [-0.3, -0.25) is 0 Å². The first-order chi connectivity index (χ1) is 11.0. The number of aliphatic hydroxyl groups excluding tert-OH is 1. The van der Waals surface area contributed by atoms with E-state index in [0.717, 1.165) is 42.2 Å². The average molecular weight is 331 g/mol. The molecule has 2 aromatic rings. The van der Waals surface area contributed by atoms with Crippen LogP contribution in [0.1, 0.15) is 42.9 Å². The highest BCUT2D eigenvalue weighted by atomic mass is 35.5. The van der Waals surface area contributed by atoms with E-state index in [9.17, 15) is 5.11 Å². The molecular weight excluding hydrogens is 312 g/mol. The molecule has 0 bridgehead atoms. The summed E-state index contributed by atoms with van der Waals surface area (Å²) in [4.78, 5) is 8.65. The minimum absolute atomic E-state index is 0.109. The third-order valence-electron chi connectivity index (χ3n) is 4.79. The molecule has 120 valence electrons. The van der Waals surface area contributed by atoms with Gasteiger partial charge in [-0.15, -0.1) is 0 Å². The monoisotopic (exact) mass is 330 g/mol. The first-order valence-corrected chi connectivity index (χ1v) is 8.29. The molecule has 4 rings (SSSR count). The molecule has 0 radical (unpaired) electrons. The largest absolute Gasteiger partial charge is 0.393 e. The van der Waals surface area contributed by atoms with E-state index in [4.69, 9.17) is 17.3 Å². The van der Waals surface area contributed by atoms with Crippen LogP contribution >= 0.6 is 11.6 Å². The first-order valence-electron chi connectivity index (χ1n) is 7.91. The topological polar surface area (TPSA) is 84.1 Å². The molecule has 1 heterocycles. The van der Waals surface area contributed by atoms with Crippen molar-refractivity contribution < 1.29 is 5.11 Å². The molecule has 0 spiro atoms. The minimum Gasteiger partial charge on any atom is -0.393 e. The second kappa shape index (κ2) is 5.35. The van der Waals surface area contributed by atoms with Gasteiger partial charge >= 0.3 is 0 Å². The zero-order chi connectivity index (χ0) is 16.0. The van der Waals surface area contributed by atoms with Crippen LogP contribution in [0.2, 0.25) is 5.02 Å². The summed E-state index contributed by atoms with van der Waals surface area (Å²) in [5.41, 5.74) is 7.84. The van der Waals surface area contributed by atoms with E-state index in [0.29, 0.717) is 0 Å². The summed E-state index contributed by atoms with van der Waals surface area (Å²) in [7, 11) is 0. The first kappa shape index (κ1) is 14.7. The summed E-state index contributed by atoms with van der Waals surface area (Å²) >= 11 is 6.12. The summed E-state index contributed by atoms with van der Waals surface area (Å²) in [6.45, 7) is 0. The Bertz CT molecular complexity index is 741. The van der Waals surface area contributed by atoms with E-state index in [1.165, 1.54) is 5.56 Å². The second-order valence-electron chi connectivity index (χ2n) is 6.58. The number of rotatable bonds is 4. The van der Waals surface area contributed by atoms with E-state index in [2.05, 4.69) is 21.4 Å². The number of halogens is 1. The Balaban J connectivity index is 1.59. The van der Waals surface area contributed by atoms with Gasteiger partial charge in [-0.25, -0.2) is 4.98 Å². The van der Waals surface area contributed by atoms with Crippen molar-refractivity contribution >= 4 is 23.4 Å².